The minimum atomic E-state index is -0.478. The maximum atomic E-state index is 6.09. The minimum absolute atomic E-state index is 0.259. The highest BCUT2D eigenvalue weighted by molar-refractivity contribution is 9.10. The molecule has 15 heavy (non-hydrogen) atoms. The number of benzene rings is 1. The number of methoxy groups -OCH3 is 1. The molecule has 0 aromatic heterocycles. The highest BCUT2D eigenvalue weighted by atomic mass is 79.9. The van der Waals surface area contributed by atoms with Crippen LogP contribution in [-0.2, 0) is 0 Å². The van der Waals surface area contributed by atoms with Crippen molar-refractivity contribution in [3.63, 3.8) is 0 Å². The van der Waals surface area contributed by atoms with Gasteiger partial charge in [-0.25, -0.2) is 0 Å². The summed E-state index contributed by atoms with van der Waals surface area (Å²) in [7, 11) is 1.63. The molecule has 0 radical (unpaired) electrons. The van der Waals surface area contributed by atoms with Gasteiger partial charge in [-0.05, 0) is 32.0 Å². The summed E-state index contributed by atoms with van der Waals surface area (Å²) in [6.07, 6.45) is 0. The van der Waals surface area contributed by atoms with E-state index in [2.05, 4.69) is 15.9 Å². The second kappa shape index (κ2) is 4.51. The van der Waals surface area contributed by atoms with Gasteiger partial charge in [0.15, 0.2) is 0 Å². The number of hydrogen-bond acceptors (Lipinski definition) is 3. The Morgan fingerprint density at radius 2 is 2.00 bits per heavy atom. The van der Waals surface area contributed by atoms with E-state index in [0.717, 1.165) is 15.8 Å². The van der Waals surface area contributed by atoms with Gasteiger partial charge in [0.1, 0.15) is 5.75 Å². The van der Waals surface area contributed by atoms with E-state index in [1.54, 1.807) is 7.11 Å². The third-order valence-corrected chi connectivity index (χ3v) is 2.82. The van der Waals surface area contributed by atoms with E-state index in [4.69, 9.17) is 16.2 Å². The summed E-state index contributed by atoms with van der Waals surface area (Å²) >= 11 is 3.41. The quantitative estimate of drug-likeness (QED) is 0.887. The highest BCUT2D eigenvalue weighted by Crippen LogP contribution is 2.31. The summed E-state index contributed by atoms with van der Waals surface area (Å²) in [5.41, 5.74) is 12.5. The molecule has 0 bridgehead atoms. The molecule has 1 atom stereocenters. The maximum absolute atomic E-state index is 6.09. The Morgan fingerprint density at radius 3 is 2.47 bits per heavy atom. The van der Waals surface area contributed by atoms with Gasteiger partial charge in [0, 0.05) is 15.6 Å². The lowest BCUT2D eigenvalue weighted by atomic mass is 9.90. The molecule has 1 unspecified atom stereocenters. The lowest BCUT2D eigenvalue weighted by Gasteiger charge is -2.28. The zero-order valence-corrected chi connectivity index (χ0v) is 10.8. The fourth-order valence-electron chi connectivity index (χ4n) is 1.35. The summed E-state index contributed by atoms with van der Waals surface area (Å²) in [5, 5.41) is 0. The van der Waals surface area contributed by atoms with E-state index >= 15 is 0 Å². The second-order valence-corrected chi connectivity index (χ2v) is 5.10. The Morgan fingerprint density at radius 1 is 1.40 bits per heavy atom. The number of ether oxygens (including phenoxy) is 1. The Balaban J connectivity index is 3.17. The number of nitrogens with two attached hydrogens (primary N) is 2. The van der Waals surface area contributed by atoms with Crippen LogP contribution in [0, 0.1) is 0 Å². The first-order valence-corrected chi connectivity index (χ1v) is 5.53. The van der Waals surface area contributed by atoms with Crippen molar-refractivity contribution < 1.29 is 4.74 Å². The van der Waals surface area contributed by atoms with Gasteiger partial charge in [-0.3, -0.25) is 0 Å². The Kier molecular flexibility index (Phi) is 3.76. The van der Waals surface area contributed by atoms with Crippen molar-refractivity contribution in [2.75, 3.05) is 7.11 Å². The molecule has 1 rings (SSSR count). The first kappa shape index (κ1) is 12.5. The van der Waals surface area contributed by atoms with Crippen LogP contribution in [-0.4, -0.2) is 12.6 Å². The van der Waals surface area contributed by atoms with Gasteiger partial charge >= 0.3 is 0 Å². The zero-order chi connectivity index (χ0) is 11.6. The predicted molar refractivity (Wildman–Crippen MR) is 65.9 cm³/mol. The van der Waals surface area contributed by atoms with Crippen LogP contribution < -0.4 is 16.2 Å². The molecule has 0 saturated heterocycles. The van der Waals surface area contributed by atoms with Crippen LogP contribution >= 0.6 is 15.9 Å². The van der Waals surface area contributed by atoms with Gasteiger partial charge in [0.2, 0.25) is 0 Å². The fraction of sp³-hybridized carbons (Fsp3) is 0.455. The van der Waals surface area contributed by atoms with Gasteiger partial charge < -0.3 is 16.2 Å². The van der Waals surface area contributed by atoms with Crippen molar-refractivity contribution in [1.82, 2.24) is 0 Å². The third-order valence-electron chi connectivity index (χ3n) is 2.33. The summed E-state index contributed by atoms with van der Waals surface area (Å²) in [4.78, 5) is 0. The normalized spacial score (nSPS) is 13.7. The van der Waals surface area contributed by atoms with Crippen molar-refractivity contribution in [2.45, 2.75) is 25.4 Å². The molecule has 0 aliphatic rings. The summed E-state index contributed by atoms with van der Waals surface area (Å²) in [6.45, 7) is 3.80. The van der Waals surface area contributed by atoms with Crippen LogP contribution in [0.1, 0.15) is 25.5 Å². The van der Waals surface area contributed by atoms with Crippen LogP contribution in [0.3, 0.4) is 0 Å². The summed E-state index contributed by atoms with van der Waals surface area (Å²) in [6, 6.07) is 5.48. The number of hydrogen-bond donors (Lipinski definition) is 2. The molecule has 0 aliphatic carbocycles. The van der Waals surface area contributed by atoms with E-state index in [9.17, 15) is 0 Å². The topological polar surface area (TPSA) is 61.3 Å². The lowest BCUT2D eigenvalue weighted by Crippen LogP contribution is -2.43. The van der Waals surface area contributed by atoms with Crippen LogP contribution in [0.25, 0.3) is 0 Å². The summed E-state index contributed by atoms with van der Waals surface area (Å²) < 4.78 is 6.23. The van der Waals surface area contributed by atoms with Gasteiger partial charge in [-0.2, -0.15) is 0 Å². The molecular weight excluding hydrogens is 256 g/mol. The highest BCUT2D eigenvalue weighted by Gasteiger charge is 2.25. The molecule has 84 valence electrons. The van der Waals surface area contributed by atoms with E-state index in [0.29, 0.717) is 0 Å². The molecule has 0 fully saturated rings. The van der Waals surface area contributed by atoms with Crippen molar-refractivity contribution in [3.8, 4) is 5.75 Å². The maximum Gasteiger partial charge on any atom is 0.123 e. The smallest absolute Gasteiger partial charge is 0.123 e. The van der Waals surface area contributed by atoms with E-state index in [1.807, 2.05) is 32.0 Å². The standard InChI is InChI=1S/C11H17BrN2O/c1-11(2,14)10(13)8-6-7(12)4-5-9(8)15-3/h4-6,10H,13-14H2,1-3H3. The van der Waals surface area contributed by atoms with E-state index in [-0.39, 0.29) is 6.04 Å². The summed E-state index contributed by atoms with van der Waals surface area (Å²) in [5.74, 6) is 0.768. The zero-order valence-electron chi connectivity index (χ0n) is 9.25. The molecule has 3 nitrogen and oxygen atoms in total. The largest absolute Gasteiger partial charge is 0.496 e. The third kappa shape index (κ3) is 2.93. The van der Waals surface area contributed by atoms with Crippen LogP contribution in [0.15, 0.2) is 22.7 Å². The molecule has 4 N–H and O–H groups in total. The molecule has 0 saturated carbocycles. The second-order valence-electron chi connectivity index (χ2n) is 4.19. The van der Waals surface area contributed by atoms with Gasteiger partial charge in [0.05, 0.1) is 13.2 Å². The molecular formula is C11H17BrN2O. The van der Waals surface area contributed by atoms with E-state index in [1.165, 1.54) is 0 Å². The Labute approximate surface area is 98.9 Å². The molecule has 1 aromatic rings. The molecule has 0 heterocycles. The molecule has 0 amide bonds. The molecule has 4 heteroatoms. The van der Waals surface area contributed by atoms with Gasteiger partial charge in [-0.1, -0.05) is 15.9 Å². The van der Waals surface area contributed by atoms with Crippen LogP contribution in [0.5, 0.6) is 5.75 Å². The minimum Gasteiger partial charge on any atom is -0.496 e. The van der Waals surface area contributed by atoms with E-state index < -0.39 is 5.54 Å². The first-order chi connectivity index (χ1) is 6.86. The Hall–Kier alpha value is -0.580. The monoisotopic (exact) mass is 272 g/mol. The number of halogens is 1. The SMILES string of the molecule is COc1ccc(Br)cc1C(N)C(C)(C)N. The van der Waals surface area contributed by atoms with Crippen molar-refractivity contribution in [2.24, 2.45) is 11.5 Å². The predicted octanol–water partition coefficient (Wildman–Crippen LogP) is 2.19. The molecule has 0 aliphatic heterocycles. The fourth-order valence-corrected chi connectivity index (χ4v) is 1.73. The molecule has 1 aromatic carbocycles. The molecule has 0 spiro atoms. The van der Waals surface area contributed by atoms with Crippen molar-refractivity contribution in [3.05, 3.63) is 28.2 Å². The Bertz CT molecular complexity index is 347. The van der Waals surface area contributed by atoms with Gasteiger partial charge in [0.25, 0.3) is 0 Å². The lowest BCUT2D eigenvalue weighted by molar-refractivity contribution is 0.376. The van der Waals surface area contributed by atoms with Crippen molar-refractivity contribution >= 4 is 15.9 Å². The first-order valence-electron chi connectivity index (χ1n) is 4.74. The van der Waals surface area contributed by atoms with Gasteiger partial charge in [-0.15, -0.1) is 0 Å². The average Bonchev–Trinajstić information content (AvgIpc) is 2.15. The number of rotatable bonds is 3. The van der Waals surface area contributed by atoms with Crippen LogP contribution in [0.4, 0.5) is 0 Å². The van der Waals surface area contributed by atoms with Crippen LogP contribution in [0.2, 0.25) is 0 Å². The van der Waals surface area contributed by atoms with Crippen molar-refractivity contribution in [1.29, 1.82) is 0 Å². The average molecular weight is 273 g/mol.